The van der Waals surface area contributed by atoms with Gasteiger partial charge in [0.15, 0.2) is 0 Å². The predicted octanol–water partition coefficient (Wildman–Crippen LogP) is 1.48. The maximum atomic E-state index is 12.8. The molecule has 1 aromatic rings. The molecule has 3 aliphatic rings. The minimum Gasteiger partial charge on any atom is -0.493 e. The second kappa shape index (κ2) is 5.48. The van der Waals surface area contributed by atoms with Crippen molar-refractivity contribution >= 4 is 11.9 Å². The number of carbonyl (C=O) groups is 2. The summed E-state index contributed by atoms with van der Waals surface area (Å²) in [5, 5.41) is 12.2. The van der Waals surface area contributed by atoms with E-state index in [2.05, 4.69) is 5.32 Å². The minimum atomic E-state index is -0.914. The molecule has 128 valence electrons. The third-order valence-electron chi connectivity index (χ3n) is 5.60. The molecule has 1 aliphatic carbocycles. The van der Waals surface area contributed by atoms with Crippen molar-refractivity contribution in [3.63, 3.8) is 0 Å². The van der Waals surface area contributed by atoms with E-state index in [9.17, 15) is 9.59 Å². The van der Waals surface area contributed by atoms with Crippen molar-refractivity contribution in [2.45, 2.75) is 36.6 Å². The first-order chi connectivity index (χ1) is 11.5. The summed E-state index contributed by atoms with van der Waals surface area (Å²) in [6, 6.07) is 7.89. The van der Waals surface area contributed by atoms with Gasteiger partial charge in [-0.15, -0.1) is 0 Å². The average molecular weight is 331 g/mol. The lowest BCUT2D eigenvalue weighted by molar-refractivity contribution is -0.139. The summed E-state index contributed by atoms with van der Waals surface area (Å²) in [6.07, 6.45) is 2.07. The van der Waals surface area contributed by atoms with Crippen molar-refractivity contribution in [2.24, 2.45) is 5.92 Å². The highest BCUT2D eigenvalue weighted by molar-refractivity contribution is 5.86. The average Bonchev–Trinajstić information content (AvgIpc) is 3.09. The number of nitrogens with one attached hydrogen (secondary N) is 1. The van der Waals surface area contributed by atoms with Crippen LogP contribution in [0.4, 0.5) is 0 Å². The van der Waals surface area contributed by atoms with Crippen molar-refractivity contribution in [2.75, 3.05) is 19.8 Å². The molecular weight excluding hydrogens is 310 g/mol. The Morgan fingerprint density at radius 2 is 2.08 bits per heavy atom. The predicted molar refractivity (Wildman–Crippen MR) is 84.9 cm³/mol. The van der Waals surface area contributed by atoms with Crippen LogP contribution in [0.5, 0.6) is 5.75 Å². The number of hydrogen-bond acceptors (Lipinski definition) is 4. The Morgan fingerprint density at radius 3 is 2.83 bits per heavy atom. The summed E-state index contributed by atoms with van der Waals surface area (Å²) in [4.78, 5) is 24.0. The van der Waals surface area contributed by atoms with E-state index in [4.69, 9.17) is 14.6 Å². The molecule has 4 rings (SSSR count). The number of amides is 1. The summed E-state index contributed by atoms with van der Waals surface area (Å²) in [5.41, 5.74) is 0.187. The Balaban J connectivity index is 1.52. The Hall–Kier alpha value is -2.08. The zero-order chi connectivity index (χ0) is 16.8. The topological polar surface area (TPSA) is 84.9 Å². The molecule has 24 heavy (non-hydrogen) atoms. The van der Waals surface area contributed by atoms with Gasteiger partial charge in [0.05, 0.1) is 25.2 Å². The fourth-order valence-corrected chi connectivity index (χ4v) is 4.23. The highest BCUT2D eigenvalue weighted by atomic mass is 16.5. The van der Waals surface area contributed by atoms with Gasteiger partial charge in [-0.1, -0.05) is 18.2 Å². The molecule has 1 spiro atoms. The van der Waals surface area contributed by atoms with E-state index in [1.165, 1.54) is 0 Å². The van der Waals surface area contributed by atoms with Crippen LogP contribution in [0.3, 0.4) is 0 Å². The van der Waals surface area contributed by atoms with E-state index in [0.29, 0.717) is 19.6 Å². The van der Waals surface area contributed by atoms with Crippen LogP contribution in [-0.2, 0) is 19.7 Å². The second-order valence-electron chi connectivity index (χ2n) is 7.15. The highest BCUT2D eigenvalue weighted by Crippen LogP contribution is 2.60. The van der Waals surface area contributed by atoms with Crippen molar-refractivity contribution < 1.29 is 24.2 Å². The van der Waals surface area contributed by atoms with Gasteiger partial charge in [0.25, 0.3) is 0 Å². The van der Waals surface area contributed by atoms with E-state index >= 15 is 0 Å². The van der Waals surface area contributed by atoms with Gasteiger partial charge in [0.1, 0.15) is 5.75 Å². The Morgan fingerprint density at radius 1 is 1.25 bits per heavy atom. The largest absolute Gasteiger partial charge is 0.493 e. The first kappa shape index (κ1) is 15.4. The summed E-state index contributed by atoms with van der Waals surface area (Å²) in [7, 11) is 0. The molecule has 1 amide bonds. The van der Waals surface area contributed by atoms with E-state index in [1.807, 2.05) is 24.3 Å². The molecule has 2 N–H and O–H groups in total. The highest BCUT2D eigenvalue weighted by Gasteiger charge is 2.61. The van der Waals surface area contributed by atoms with Crippen LogP contribution >= 0.6 is 0 Å². The van der Waals surface area contributed by atoms with E-state index in [1.54, 1.807) is 0 Å². The van der Waals surface area contributed by atoms with Gasteiger partial charge in [-0.25, -0.2) is 0 Å². The van der Waals surface area contributed by atoms with Crippen molar-refractivity contribution in [1.29, 1.82) is 0 Å². The number of carboxylic acids is 1. The number of ether oxygens (including phenoxy) is 2. The molecule has 1 saturated carbocycles. The van der Waals surface area contributed by atoms with Crippen molar-refractivity contribution in [1.82, 2.24) is 5.32 Å². The number of carbonyl (C=O) groups excluding carboxylic acids is 1. The number of benzene rings is 1. The van der Waals surface area contributed by atoms with Gasteiger partial charge in [-0.05, 0) is 25.3 Å². The minimum absolute atomic E-state index is 0.0570. The maximum Gasteiger partial charge on any atom is 0.305 e. The molecule has 6 heteroatoms. The molecule has 0 radical (unpaired) electrons. The van der Waals surface area contributed by atoms with Crippen LogP contribution in [0.15, 0.2) is 24.3 Å². The number of para-hydroxylation sites is 1. The molecule has 1 saturated heterocycles. The van der Waals surface area contributed by atoms with Crippen molar-refractivity contribution in [3.8, 4) is 5.75 Å². The van der Waals surface area contributed by atoms with Gasteiger partial charge < -0.3 is 19.9 Å². The molecular formula is C18H21NO5. The van der Waals surface area contributed by atoms with Gasteiger partial charge in [-0.3, -0.25) is 9.59 Å². The van der Waals surface area contributed by atoms with E-state index < -0.39 is 11.5 Å². The van der Waals surface area contributed by atoms with Crippen LogP contribution in [0.2, 0.25) is 0 Å². The van der Waals surface area contributed by atoms with Gasteiger partial charge >= 0.3 is 5.97 Å². The summed E-state index contributed by atoms with van der Waals surface area (Å²) < 4.78 is 11.1. The molecule has 2 fully saturated rings. The summed E-state index contributed by atoms with van der Waals surface area (Å²) >= 11 is 0. The SMILES string of the molecule is O=C(O)CC1(NC(=O)[C@@H]2C[C@]23CCOc2ccccc23)CCOC1. The second-order valence-corrected chi connectivity index (χ2v) is 7.15. The zero-order valence-electron chi connectivity index (χ0n) is 13.4. The fourth-order valence-electron chi connectivity index (χ4n) is 4.23. The molecule has 2 aliphatic heterocycles. The molecule has 1 unspecified atom stereocenters. The smallest absolute Gasteiger partial charge is 0.305 e. The van der Waals surface area contributed by atoms with Crippen LogP contribution in [0.25, 0.3) is 0 Å². The molecule has 2 heterocycles. The van der Waals surface area contributed by atoms with Gasteiger partial charge in [0.2, 0.25) is 5.91 Å². The van der Waals surface area contributed by atoms with Crippen LogP contribution in [0.1, 0.15) is 31.2 Å². The monoisotopic (exact) mass is 331 g/mol. The number of carboxylic acid groups (broad SMARTS) is 1. The molecule has 6 nitrogen and oxygen atoms in total. The third-order valence-corrected chi connectivity index (χ3v) is 5.60. The Bertz CT molecular complexity index is 682. The normalized spacial score (nSPS) is 33.6. The van der Waals surface area contributed by atoms with Crippen LogP contribution in [-0.4, -0.2) is 42.3 Å². The zero-order valence-corrected chi connectivity index (χ0v) is 13.4. The Labute approximate surface area is 140 Å². The fraction of sp³-hybridized carbons (Fsp3) is 0.556. The molecule has 0 bridgehead atoms. The third kappa shape index (κ3) is 2.45. The molecule has 0 aromatic heterocycles. The van der Waals surface area contributed by atoms with E-state index in [0.717, 1.165) is 24.2 Å². The lowest BCUT2D eigenvalue weighted by atomic mass is 9.87. The van der Waals surface area contributed by atoms with Gasteiger partial charge in [0, 0.05) is 23.5 Å². The number of hydrogen-bond donors (Lipinski definition) is 2. The number of fused-ring (bicyclic) bond motifs is 2. The quantitative estimate of drug-likeness (QED) is 0.873. The summed E-state index contributed by atoms with van der Waals surface area (Å²) in [5.74, 6) is -0.224. The first-order valence-electron chi connectivity index (χ1n) is 8.39. The summed E-state index contributed by atoms with van der Waals surface area (Å²) in [6.45, 7) is 1.37. The van der Waals surface area contributed by atoms with Crippen LogP contribution < -0.4 is 10.1 Å². The van der Waals surface area contributed by atoms with Crippen LogP contribution in [0, 0.1) is 5.92 Å². The Kier molecular flexibility index (Phi) is 3.53. The molecule has 1 aromatic carbocycles. The first-order valence-corrected chi connectivity index (χ1v) is 8.39. The van der Waals surface area contributed by atoms with E-state index in [-0.39, 0.29) is 30.3 Å². The molecule has 3 atom stereocenters. The van der Waals surface area contributed by atoms with Crippen molar-refractivity contribution in [3.05, 3.63) is 29.8 Å². The maximum absolute atomic E-state index is 12.8. The standard InChI is InChI=1S/C18H21NO5/c20-15(21)10-17(5-7-23-11-17)19-16(22)13-9-18(13)6-8-24-14-4-2-1-3-12(14)18/h1-4,13H,5-11H2,(H,19,22)(H,20,21)/t13-,17?,18-/m0/s1. The number of rotatable bonds is 4. The lowest BCUT2D eigenvalue weighted by Crippen LogP contribution is -2.51. The van der Waals surface area contributed by atoms with Gasteiger partial charge in [-0.2, -0.15) is 0 Å². The lowest BCUT2D eigenvalue weighted by Gasteiger charge is -2.29. The number of aliphatic carboxylic acids is 1.